The van der Waals surface area contributed by atoms with Gasteiger partial charge >= 0.3 is 0 Å². The quantitative estimate of drug-likeness (QED) is 0.366. The lowest BCUT2D eigenvalue weighted by atomic mass is 10.1. The van der Waals surface area contributed by atoms with Crippen molar-refractivity contribution in [2.45, 2.75) is 13.8 Å². The van der Waals surface area contributed by atoms with Crippen molar-refractivity contribution in [1.82, 2.24) is 0 Å². The van der Waals surface area contributed by atoms with Crippen LogP contribution in [0.1, 0.15) is 11.1 Å². The van der Waals surface area contributed by atoms with E-state index in [2.05, 4.69) is 103 Å². The monoisotopic (exact) mass is 393 g/mol. The molecular weight excluding hydrogens is 366 g/mol. The highest BCUT2D eigenvalue weighted by Crippen LogP contribution is 2.36. The molecule has 4 aromatic rings. The lowest BCUT2D eigenvalue weighted by Crippen LogP contribution is -2.12. The number of nitrogen functional groups attached to an aromatic ring is 1. The summed E-state index contributed by atoms with van der Waals surface area (Å²) in [7, 11) is 2.07. The second-order valence-corrected chi connectivity index (χ2v) is 7.67. The normalized spacial score (nSPS) is 10.6. The second kappa shape index (κ2) is 8.34. The van der Waals surface area contributed by atoms with Crippen LogP contribution in [0.5, 0.6) is 0 Å². The fraction of sp³-hybridized carbons (Fsp3) is 0.111. The number of anilines is 6. The summed E-state index contributed by atoms with van der Waals surface area (Å²) in [6.45, 7) is 4.23. The Hall–Kier alpha value is -3.72. The Morgan fingerprint density at radius 1 is 0.467 bits per heavy atom. The molecule has 3 nitrogen and oxygen atoms in total. The first-order chi connectivity index (χ1) is 14.5. The van der Waals surface area contributed by atoms with Crippen LogP contribution in [0.15, 0.2) is 97.1 Å². The fourth-order valence-electron chi connectivity index (χ4n) is 3.51. The molecule has 0 radical (unpaired) electrons. The molecule has 0 aromatic heterocycles. The summed E-state index contributed by atoms with van der Waals surface area (Å²) in [4.78, 5) is 4.44. The molecule has 0 aliphatic heterocycles. The van der Waals surface area contributed by atoms with Crippen LogP contribution in [0.25, 0.3) is 0 Å². The van der Waals surface area contributed by atoms with E-state index < -0.39 is 0 Å². The molecule has 0 spiro atoms. The summed E-state index contributed by atoms with van der Waals surface area (Å²) < 4.78 is 0. The van der Waals surface area contributed by atoms with E-state index in [4.69, 9.17) is 5.73 Å². The summed E-state index contributed by atoms with van der Waals surface area (Å²) >= 11 is 0. The average molecular weight is 394 g/mol. The van der Waals surface area contributed by atoms with Crippen molar-refractivity contribution in [1.29, 1.82) is 0 Å². The van der Waals surface area contributed by atoms with Crippen LogP contribution in [-0.2, 0) is 0 Å². The van der Waals surface area contributed by atoms with E-state index in [1.54, 1.807) is 0 Å². The highest BCUT2D eigenvalue weighted by Gasteiger charge is 2.13. The molecule has 0 atom stereocenters. The summed E-state index contributed by atoms with van der Waals surface area (Å²) in [6, 6.07) is 33.9. The van der Waals surface area contributed by atoms with Gasteiger partial charge in [0, 0.05) is 41.2 Å². The topological polar surface area (TPSA) is 32.5 Å². The molecule has 0 aliphatic rings. The van der Waals surface area contributed by atoms with Gasteiger partial charge in [-0.3, -0.25) is 0 Å². The van der Waals surface area contributed by atoms with Gasteiger partial charge in [0.1, 0.15) is 0 Å². The number of aryl methyl sites for hydroxylation is 2. The summed E-state index contributed by atoms with van der Waals surface area (Å²) in [5.41, 5.74) is 14.7. The van der Waals surface area contributed by atoms with Crippen LogP contribution in [0.2, 0.25) is 0 Å². The van der Waals surface area contributed by atoms with Crippen LogP contribution in [0.3, 0.4) is 0 Å². The zero-order chi connectivity index (χ0) is 21.1. The van der Waals surface area contributed by atoms with Crippen molar-refractivity contribution >= 4 is 34.1 Å². The van der Waals surface area contributed by atoms with Gasteiger partial charge in [0.25, 0.3) is 0 Å². The summed E-state index contributed by atoms with van der Waals surface area (Å²) in [5, 5.41) is 0. The molecule has 3 heteroatoms. The van der Waals surface area contributed by atoms with E-state index in [1.807, 2.05) is 24.3 Å². The van der Waals surface area contributed by atoms with Gasteiger partial charge < -0.3 is 15.5 Å². The Kier molecular flexibility index (Phi) is 5.44. The molecule has 2 N–H and O–H groups in total. The first kappa shape index (κ1) is 19.6. The van der Waals surface area contributed by atoms with Gasteiger partial charge in [-0.2, -0.15) is 0 Å². The van der Waals surface area contributed by atoms with Gasteiger partial charge in [-0.05, 0) is 86.6 Å². The number of hydrogen-bond donors (Lipinski definition) is 1. The van der Waals surface area contributed by atoms with Crippen LogP contribution >= 0.6 is 0 Å². The summed E-state index contributed by atoms with van der Waals surface area (Å²) in [5.74, 6) is 0. The SMILES string of the molecule is Cc1ccc(N(c2ccc(C)cc2)c2ccc(N(C)c3ccc(N)cc3)cc2)cc1. The number of nitrogens with two attached hydrogens (primary N) is 1. The fourth-order valence-corrected chi connectivity index (χ4v) is 3.51. The van der Waals surface area contributed by atoms with E-state index in [9.17, 15) is 0 Å². The van der Waals surface area contributed by atoms with Crippen molar-refractivity contribution in [3.05, 3.63) is 108 Å². The lowest BCUT2D eigenvalue weighted by molar-refractivity contribution is 1.20. The van der Waals surface area contributed by atoms with Crippen molar-refractivity contribution in [2.75, 3.05) is 22.6 Å². The molecule has 0 amide bonds. The zero-order valence-corrected chi connectivity index (χ0v) is 17.7. The Bertz CT molecular complexity index is 1050. The highest BCUT2D eigenvalue weighted by atomic mass is 15.1. The van der Waals surface area contributed by atoms with Crippen molar-refractivity contribution in [3.63, 3.8) is 0 Å². The molecule has 4 rings (SSSR count). The van der Waals surface area contributed by atoms with E-state index in [0.717, 1.165) is 34.1 Å². The van der Waals surface area contributed by atoms with E-state index in [1.165, 1.54) is 11.1 Å². The third kappa shape index (κ3) is 4.15. The zero-order valence-electron chi connectivity index (χ0n) is 17.7. The number of rotatable bonds is 5. The van der Waals surface area contributed by atoms with Gasteiger partial charge in [0.2, 0.25) is 0 Å². The van der Waals surface area contributed by atoms with Crippen LogP contribution < -0.4 is 15.5 Å². The number of benzene rings is 4. The van der Waals surface area contributed by atoms with Crippen molar-refractivity contribution in [2.24, 2.45) is 0 Å². The van der Waals surface area contributed by atoms with E-state index >= 15 is 0 Å². The molecule has 0 bridgehead atoms. The molecule has 0 saturated heterocycles. The van der Waals surface area contributed by atoms with Crippen molar-refractivity contribution < 1.29 is 0 Å². The van der Waals surface area contributed by atoms with Gasteiger partial charge in [-0.25, -0.2) is 0 Å². The number of nitrogens with zero attached hydrogens (tertiary/aromatic N) is 2. The molecule has 150 valence electrons. The summed E-state index contributed by atoms with van der Waals surface area (Å²) in [6.07, 6.45) is 0. The lowest BCUT2D eigenvalue weighted by Gasteiger charge is -2.27. The molecule has 0 saturated carbocycles. The Balaban J connectivity index is 1.69. The molecule has 0 fully saturated rings. The van der Waals surface area contributed by atoms with Crippen LogP contribution in [0, 0.1) is 13.8 Å². The second-order valence-electron chi connectivity index (χ2n) is 7.67. The largest absolute Gasteiger partial charge is 0.399 e. The predicted octanol–water partition coefficient (Wildman–Crippen LogP) is 7.12. The van der Waals surface area contributed by atoms with Crippen molar-refractivity contribution in [3.8, 4) is 0 Å². The Labute approximate surface area is 179 Å². The third-order valence-electron chi connectivity index (χ3n) is 5.36. The minimum Gasteiger partial charge on any atom is -0.399 e. The van der Waals surface area contributed by atoms with E-state index in [0.29, 0.717) is 0 Å². The van der Waals surface area contributed by atoms with Crippen LogP contribution in [0.4, 0.5) is 34.1 Å². The molecule has 0 heterocycles. The molecular formula is C27H27N3. The van der Waals surface area contributed by atoms with Gasteiger partial charge in [0.15, 0.2) is 0 Å². The predicted molar refractivity (Wildman–Crippen MR) is 130 cm³/mol. The maximum Gasteiger partial charge on any atom is 0.0463 e. The molecule has 4 aromatic carbocycles. The maximum atomic E-state index is 5.82. The highest BCUT2D eigenvalue weighted by molar-refractivity contribution is 5.78. The minimum absolute atomic E-state index is 0.773. The smallest absolute Gasteiger partial charge is 0.0463 e. The van der Waals surface area contributed by atoms with E-state index in [-0.39, 0.29) is 0 Å². The first-order valence-electron chi connectivity index (χ1n) is 10.1. The third-order valence-corrected chi connectivity index (χ3v) is 5.36. The van der Waals surface area contributed by atoms with Gasteiger partial charge in [-0.15, -0.1) is 0 Å². The van der Waals surface area contributed by atoms with Gasteiger partial charge in [0.05, 0.1) is 0 Å². The molecule has 0 aliphatic carbocycles. The standard InChI is InChI=1S/C27H27N3/c1-20-4-10-25(11-5-20)30(26-12-6-21(2)7-13-26)27-18-16-24(17-19-27)29(3)23-14-8-22(28)9-15-23/h4-19H,28H2,1-3H3. The Morgan fingerprint density at radius 2 is 0.767 bits per heavy atom. The Morgan fingerprint density at radius 3 is 1.17 bits per heavy atom. The molecule has 0 unspecified atom stereocenters. The maximum absolute atomic E-state index is 5.82. The number of hydrogen-bond acceptors (Lipinski definition) is 3. The minimum atomic E-state index is 0.773. The first-order valence-corrected chi connectivity index (χ1v) is 10.1. The van der Waals surface area contributed by atoms with Crippen LogP contribution in [-0.4, -0.2) is 7.05 Å². The molecule has 30 heavy (non-hydrogen) atoms. The van der Waals surface area contributed by atoms with Gasteiger partial charge in [-0.1, -0.05) is 35.4 Å². The average Bonchev–Trinajstić information content (AvgIpc) is 2.77.